The van der Waals surface area contributed by atoms with Gasteiger partial charge < -0.3 is 10.2 Å². The molecule has 3 rings (SSSR count). The van der Waals surface area contributed by atoms with E-state index < -0.39 is 5.92 Å². The quantitative estimate of drug-likeness (QED) is 0.947. The first-order valence-corrected chi connectivity index (χ1v) is 7.97. The van der Waals surface area contributed by atoms with Gasteiger partial charge in [-0.15, -0.1) is 11.3 Å². The molecule has 1 aromatic heterocycles. The highest BCUT2D eigenvalue weighted by Gasteiger charge is 2.42. The van der Waals surface area contributed by atoms with E-state index in [1.807, 2.05) is 31.2 Å². The largest absolute Gasteiger partial charge is 0.338 e. The average Bonchev–Trinajstić information content (AvgIpc) is 3.10. The summed E-state index contributed by atoms with van der Waals surface area (Å²) in [5.41, 5.74) is 2.14. The van der Waals surface area contributed by atoms with Gasteiger partial charge in [0.05, 0.1) is 12.0 Å². The van der Waals surface area contributed by atoms with Crippen LogP contribution in [0.25, 0.3) is 0 Å². The highest BCUT2D eigenvalue weighted by atomic mass is 32.1. The van der Waals surface area contributed by atoms with E-state index in [0.717, 1.165) is 11.1 Å². The lowest BCUT2D eigenvalue weighted by molar-refractivity contribution is -0.127. The number of anilines is 1. The minimum absolute atomic E-state index is 0.00939. The Morgan fingerprint density at radius 2 is 2.09 bits per heavy atom. The van der Waals surface area contributed by atoms with E-state index in [2.05, 4.69) is 10.3 Å². The SMILES string of the molecule is Cc1ccc(C2C(C(=O)Nc3nccs3)CC(=O)N2C)cc1. The molecule has 2 aromatic rings. The number of hydrogen-bond acceptors (Lipinski definition) is 4. The Kier molecular flexibility index (Phi) is 3.94. The standard InChI is InChI=1S/C16H17N3O2S/c1-10-3-5-11(6-4-10)14-12(9-13(20)19(14)2)15(21)18-16-17-7-8-22-16/h3-8,12,14H,9H2,1-2H3,(H,17,18,21). The fourth-order valence-corrected chi connectivity index (χ4v) is 3.34. The van der Waals surface area contributed by atoms with E-state index in [0.29, 0.717) is 5.13 Å². The molecule has 22 heavy (non-hydrogen) atoms. The van der Waals surface area contributed by atoms with Crippen molar-refractivity contribution in [3.8, 4) is 0 Å². The number of rotatable bonds is 3. The Morgan fingerprint density at radius 3 is 2.73 bits per heavy atom. The van der Waals surface area contributed by atoms with Crippen molar-refractivity contribution >= 4 is 28.3 Å². The van der Waals surface area contributed by atoms with Gasteiger partial charge in [-0.25, -0.2) is 4.98 Å². The van der Waals surface area contributed by atoms with Crippen LogP contribution < -0.4 is 5.32 Å². The summed E-state index contributed by atoms with van der Waals surface area (Å²) in [6.45, 7) is 2.01. The maximum absolute atomic E-state index is 12.5. The molecule has 114 valence electrons. The summed E-state index contributed by atoms with van der Waals surface area (Å²) in [4.78, 5) is 30.3. The van der Waals surface area contributed by atoms with Crippen LogP contribution in [0.1, 0.15) is 23.6 Å². The first kappa shape index (κ1) is 14.7. The second-order valence-electron chi connectivity index (χ2n) is 5.50. The molecule has 0 spiro atoms. The van der Waals surface area contributed by atoms with Gasteiger partial charge >= 0.3 is 0 Å². The number of nitrogens with one attached hydrogen (secondary N) is 1. The summed E-state index contributed by atoms with van der Waals surface area (Å²) in [5, 5.41) is 5.17. The number of likely N-dealkylation sites (tertiary alicyclic amines) is 1. The molecule has 1 aliphatic rings. The van der Waals surface area contributed by atoms with E-state index in [1.165, 1.54) is 11.3 Å². The van der Waals surface area contributed by atoms with Crippen LogP contribution in [0.15, 0.2) is 35.8 Å². The van der Waals surface area contributed by atoms with Gasteiger partial charge in [-0.1, -0.05) is 29.8 Å². The van der Waals surface area contributed by atoms with Crippen LogP contribution in [-0.4, -0.2) is 28.7 Å². The van der Waals surface area contributed by atoms with E-state index in [1.54, 1.807) is 23.5 Å². The summed E-state index contributed by atoms with van der Waals surface area (Å²) < 4.78 is 0. The number of hydrogen-bond donors (Lipinski definition) is 1. The predicted octanol–water partition coefficient (Wildman–Crippen LogP) is 2.61. The molecule has 2 atom stereocenters. The summed E-state index contributed by atoms with van der Waals surface area (Å²) in [6, 6.07) is 7.74. The maximum Gasteiger partial charge on any atom is 0.232 e. The van der Waals surface area contributed by atoms with Crippen LogP contribution in [0.2, 0.25) is 0 Å². The smallest absolute Gasteiger partial charge is 0.232 e. The number of nitrogens with zero attached hydrogens (tertiary/aromatic N) is 2. The molecule has 0 saturated carbocycles. The molecular weight excluding hydrogens is 298 g/mol. The van der Waals surface area contributed by atoms with Gasteiger partial charge in [-0.05, 0) is 12.5 Å². The molecular formula is C16H17N3O2S. The van der Waals surface area contributed by atoms with Crippen molar-refractivity contribution in [2.45, 2.75) is 19.4 Å². The van der Waals surface area contributed by atoms with Gasteiger partial charge in [0.25, 0.3) is 0 Å². The molecule has 1 aliphatic heterocycles. The van der Waals surface area contributed by atoms with Gasteiger partial charge in [-0.2, -0.15) is 0 Å². The highest BCUT2D eigenvalue weighted by molar-refractivity contribution is 7.13. The van der Waals surface area contributed by atoms with Crippen molar-refractivity contribution in [2.75, 3.05) is 12.4 Å². The van der Waals surface area contributed by atoms with Gasteiger partial charge in [-0.3, -0.25) is 9.59 Å². The van der Waals surface area contributed by atoms with Crippen LogP contribution in [0.4, 0.5) is 5.13 Å². The highest BCUT2D eigenvalue weighted by Crippen LogP contribution is 2.37. The fourth-order valence-electron chi connectivity index (χ4n) is 2.81. The van der Waals surface area contributed by atoms with Gasteiger partial charge in [0, 0.05) is 25.0 Å². The minimum Gasteiger partial charge on any atom is -0.338 e. The summed E-state index contributed by atoms with van der Waals surface area (Å²) >= 11 is 1.37. The van der Waals surface area contributed by atoms with Crippen LogP contribution in [0, 0.1) is 12.8 Å². The number of aryl methyl sites for hydroxylation is 1. The van der Waals surface area contributed by atoms with E-state index in [4.69, 9.17) is 0 Å². The molecule has 1 aromatic carbocycles. The summed E-state index contributed by atoms with van der Waals surface area (Å²) in [6.07, 6.45) is 1.87. The molecule has 6 heteroatoms. The van der Waals surface area contributed by atoms with Crippen LogP contribution in [0.5, 0.6) is 0 Å². The van der Waals surface area contributed by atoms with Crippen molar-refractivity contribution in [2.24, 2.45) is 5.92 Å². The third kappa shape index (κ3) is 2.74. The molecule has 2 unspecified atom stereocenters. The molecule has 0 aliphatic carbocycles. The Bertz CT molecular complexity index is 682. The number of benzene rings is 1. The number of carbonyl (C=O) groups is 2. The average molecular weight is 315 g/mol. The summed E-state index contributed by atoms with van der Waals surface area (Å²) in [5.74, 6) is -0.563. The van der Waals surface area contributed by atoms with Crippen LogP contribution in [0.3, 0.4) is 0 Å². The molecule has 2 amide bonds. The van der Waals surface area contributed by atoms with E-state index in [-0.39, 0.29) is 24.3 Å². The van der Waals surface area contributed by atoms with Crippen molar-refractivity contribution in [3.05, 3.63) is 47.0 Å². The topological polar surface area (TPSA) is 62.3 Å². The first-order valence-electron chi connectivity index (χ1n) is 7.09. The first-order chi connectivity index (χ1) is 10.6. The van der Waals surface area contributed by atoms with Crippen molar-refractivity contribution in [1.82, 2.24) is 9.88 Å². The second kappa shape index (κ2) is 5.88. The Morgan fingerprint density at radius 1 is 1.36 bits per heavy atom. The number of carbonyl (C=O) groups excluding carboxylic acids is 2. The van der Waals surface area contributed by atoms with Gasteiger partial charge in [0.2, 0.25) is 11.8 Å². The monoisotopic (exact) mass is 315 g/mol. The molecule has 1 saturated heterocycles. The maximum atomic E-state index is 12.5. The lowest BCUT2D eigenvalue weighted by Gasteiger charge is -2.24. The minimum atomic E-state index is -0.399. The molecule has 0 radical (unpaired) electrons. The Hall–Kier alpha value is -2.21. The van der Waals surface area contributed by atoms with Gasteiger partial charge in [0.1, 0.15) is 0 Å². The molecule has 5 nitrogen and oxygen atoms in total. The normalized spacial score (nSPS) is 21.2. The number of aromatic nitrogens is 1. The van der Waals surface area contributed by atoms with Crippen LogP contribution >= 0.6 is 11.3 Å². The fraction of sp³-hybridized carbons (Fsp3) is 0.312. The van der Waals surface area contributed by atoms with Crippen molar-refractivity contribution in [1.29, 1.82) is 0 Å². The summed E-state index contributed by atoms with van der Waals surface area (Å²) in [7, 11) is 1.75. The molecule has 0 bridgehead atoms. The lowest BCUT2D eigenvalue weighted by Crippen LogP contribution is -2.30. The zero-order valence-electron chi connectivity index (χ0n) is 12.4. The van der Waals surface area contributed by atoms with E-state index >= 15 is 0 Å². The number of amides is 2. The second-order valence-corrected chi connectivity index (χ2v) is 6.39. The molecule has 2 heterocycles. The Labute approximate surface area is 133 Å². The zero-order chi connectivity index (χ0) is 15.7. The third-order valence-electron chi connectivity index (χ3n) is 4.00. The number of thiazole rings is 1. The zero-order valence-corrected chi connectivity index (χ0v) is 13.3. The molecule has 1 N–H and O–H groups in total. The lowest BCUT2D eigenvalue weighted by atomic mass is 9.92. The van der Waals surface area contributed by atoms with E-state index in [9.17, 15) is 9.59 Å². The van der Waals surface area contributed by atoms with Crippen molar-refractivity contribution < 1.29 is 9.59 Å². The predicted molar refractivity (Wildman–Crippen MR) is 85.5 cm³/mol. The Balaban J connectivity index is 1.86. The van der Waals surface area contributed by atoms with Crippen LogP contribution in [-0.2, 0) is 9.59 Å². The van der Waals surface area contributed by atoms with Gasteiger partial charge in [0.15, 0.2) is 5.13 Å². The molecule has 1 fully saturated rings. The third-order valence-corrected chi connectivity index (χ3v) is 4.69. The van der Waals surface area contributed by atoms with Crippen molar-refractivity contribution in [3.63, 3.8) is 0 Å².